The number of aromatic nitrogens is 1. The predicted octanol–water partition coefficient (Wildman–Crippen LogP) is -0.646. The molecule has 5 nitrogen and oxygen atoms in total. The molecule has 0 atom stereocenters. The van der Waals surface area contributed by atoms with E-state index in [0.717, 1.165) is 0 Å². The second-order valence-corrected chi connectivity index (χ2v) is 1.54. The van der Waals surface area contributed by atoms with Crippen LogP contribution in [0.15, 0.2) is 16.8 Å². The smallest absolute Gasteiger partial charge is 0.291 e. The monoisotopic (exact) mass is 142 g/mol. The molecule has 1 heterocycles. The molecule has 0 unspecified atom stereocenters. The van der Waals surface area contributed by atoms with E-state index in [4.69, 9.17) is 5.11 Å². The van der Waals surface area contributed by atoms with Crippen LogP contribution in [0.1, 0.15) is 10.6 Å². The quantitative estimate of drug-likeness (QED) is 0.538. The van der Waals surface area contributed by atoms with Gasteiger partial charge in [-0.1, -0.05) is 5.16 Å². The van der Waals surface area contributed by atoms with Crippen molar-refractivity contribution in [2.75, 3.05) is 6.73 Å². The first-order chi connectivity index (χ1) is 4.84. The third kappa shape index (κ3) is 1.32. The van der Waals surface area contributed by atoms with Crippen LogP contribution in [0.5, 0.6) is 0 Å². The maximum atomic E-state index is 10.7. The van der Waals surface area contributed by atoms with Gasteiger partial charge in [0, 0.05) is 6.07 Å². The molecule has 0 aliphatic carbocycles. The van der Waals surface area contributed by atoms with Gasteiger partial charge in [-0.3, -0.25) is 4.79 Å². The van der Waals surface area contributed by atoms with Crippen LogP contribution < -0.4 is 5.32 Å². The summed E-state index contributed by atoms with van der Waals surface area (Å²) in [6.45, 7) is -0.403. The zero-order valence-electron chi connectivity index (χ0n) is 5.07. The first kappa shape index (κ1) is 6.76. The summed E-state index contributed by atoms with van der Waals surface area (Å²) in [7, 11) is 0. The molecule has 0 bridgehead atoms. The molecule has 5 heteroatoms. The van der Waals surface area contributed by atoms with Crippen molar-refractivity contribution in [1.29, 1.82) is 0 Å². The number of hydrogen-bond acceptors (Lipinski definition) is 4. The zero-order chi connectivity index (χ0) is 7.40. The normalized spacial score (nSPS) is 9.30. The average molecular weight is 142 g/mol. The summed E-state index contributed by atoms with van der Waals surface area (Å²) in [5, 5.41) is 13.7. The maximum Gasteiger partial charge on any atom is 0.291 e. The molecule has 1 aromatic heterocycles. The van der Waals surface area contributed by atoms with E-state index in [-0.39, 0.29) is 5.76 Å². The Balaban J connectivity index is 2.59. The highest BCUT2D eigenvalue weighted by atomic mass is 16.5. The standard InChI is InChI=1S/C5H6N2O3/c8-3-6-5(9)4-1-2-7-10-4/h1-2,8H,3H2,(H,6,9). The molecular formula is C5H6N2O3. The van der Waals surface area contributed by atoms with E-state index in [1.165, 1.54) is 12.3 Å². The number of rotatable bonds is 2. The Morgan fingerprint density at radius 1 is 1.90 bits per heavy atom. The van der Waals surface area contributed by atoms with Crippen LogP contribution in [-0.4, -0.2) is 22.9 Å². The van der Waals surface area contributed by atoms with Gasteiger partial charge < -0.3 is 14.9 Å². The summed E-state index contributed by atoms with van der Waals surface area (Å²) >= 11 is 0. The third-order valence-electron chi connectivity index (χ3n) is 0.901. The Hall–Kier alpha value is -1.36. The van der Waals surface area contributed by atoms with Crippen molar-refractivity contribution in [3.05, 3.63) is 18.0 Å². The van der Waals surface area contributed by atoms with Crippen LogP contribution in [0.2, 0.25) is 0 Å². The number of hydrogen-bond donors (Lipinski definition) is 2. The summed E-state index contributed by atoms with van der Waals surface area (Å²) in [6.07, 6.45) is 1.35. The van der Waals surface area contributed by atoms with Gasteiger partial charge in [-0.25, -0.2) is 0 Å². The minimum Gasteiger partial charge on any atom is -0.376 e. The molecule has 0 aromatic carbocycles. The molecule has 1 aromatic rings. The second kappa shape index (κ2) is 2.98. The number of amides is 1. The molecule has 1 rings (SSSR count). The molecule has 0 fully saturated rings. The summed E-state index contributed by atoms with van der Waals surface area (Å²) < 4.78 is 4.47. The van der Waals surface area contributed by atoms with Crippen molar-refractivity contribution in [3.63, 3.8) is 0 Å². The van der Waals surface area contributed by atoms with Crippen LogP contribution in [0.3, 0.4) is 0 Å². The van der Waals surface area contributed by atoms with E-state index in [1.54, 1.807) is 0 Å². The highest BCUT2D eigenvalue weighted by molar-refractivity contribution is 5.90. The lowest BCUT2D eigenvalue weighted by Crippen LogP contribution is -2.23. The number of carbonyl (C=O) groups is 1. The molecule has 10 heavy (non-hydrogen) atoms. The highest BCUT2D eigenvalue weighted by Crippen LogP contribution is 1.94. The molecule has 0 aliphatic heterocycles. The fraction of sp³-hybridized carbons (Fsp3) is 0.200. The van der Waals surface area contributed by atoms with E-state index in [9.17, 15) is 4.79 Å². The van der Waals surface area contributed by atoms with Gasteiger partial charge >= 0.3 is 0 Å². The molecular weight excluding hydrogens is 136 g/mol. The van der Waals surface area contributed by atoms with Gasteiger partial charge in [-0.05, 0) is 0 Å². The number of carbonyl (C=O) groups excluding carboxylic acids is 1. The minimum atomic E-state index is -0.472. The molecule has 54 valence electrons. The van der Waals surface area contributed by atoms with Crippen molar-refractivity contribution in [3.8, 4) is 0 Å². The Morgan fingerprint density at radius 2 is 2.70 bits per heavy atom. The Labute approximate surface area is 56.6 Å². The maximum absolute atomic E-state index is 10.7. The van der Waals surface area contributed by atoms with Crippen LogP contribution in [0.25, 0.3) is 0 Å². The number of aliphatic hydroxyl groups excluding tert-OH is 1. The van der Waals surface area contributed by atoms with Gasteiger partial charge in [0.2, 0.25) is 5.76 Å². The number of aliphatic hydroxyl groups is 1. The Bertz CT molecular complexity index is 207. The van der Waals surface area contributed by atoms with E-state index >= 15 is 0 Å². The Kier molecular flexibility index (Phi) is 2.01. The first-order valence-corrected chi connectivity index (χ1v) is 2.64. The van der Waals surface area contributed by atoms with Crippen molar-refractivity contribution in [2.24, 2.45) is 0 Å². The minimum absolute atomic E-state index is 0.0917. The lowest BCUT2D eigenvalue weighted by Gasteiger charge is -1.93. The largest absolute Gasteiger partial charge is 0.376 e. The van der Waals surface area contributed by atoms with Gasteiger partial charge in [-0.15, -0.1) is 0 Å². The summed E-state index contributed by atoms with van der Waals surface area (Å²) in [5.41, 5.74) is 0. The lowest BCUT2D eigenvalue weighted by molar-refractivity contribution is 0.0873. The van der Waals surface area contributed by atoms with Gasteiger partial charge in [0.05, 0.1) is 6.20 Å². The first-order valence-electron chi connectivity index (χ1n) is 2.64. The van der Waals surface area contributed by atoms with E-state index in [0.29, 0.717) is 0 Å². The van der Waals surface area contributed by atoms with Crippen molar-refractivity contribution in [1.82, 2.24) is 10.5 Å². The van der Waals surface area contributed by atoms with Gasteiger partial charge in [0.1, 0.15) is 6.73 Å². The molecule has 2 N–H and O–H groups in total. The number of nitrogens with zero attached hydrogens (tertiary/aromatic N) is 1. The third-order valence-corrected chi connectivity index (χ3v) is 0.901. The summed E-state index contributed by atoms with van der Waals surface area (Å²) in [6, 6.07) is 1.41. The van der Waals surface area contributed by atoms with E-state index < -0.39 is 12.6 Å². The van der Waals surface area contributed by atoms with Crippen LogP contribution in [0, 0.1) is 0 Å². The van der Waals surface area contributed by atoms with Crippen molar-refractivity contribution >= 4 is 5.91 Å². The SMILES string of the molecule is O=C(NCO)c1ccno1. The molecule has 0 aliphatic rings. The van der Waals surface area contributed by atoms with E-state index in [2.05, 4.69) is 15.0 Å². The number of nitrogens with one attached hydrogen (secondary N) is 1. The molecule has 0 saturated heterocycles. The van der Waals surface area contributed by atoms with Gasteiger partial charge in [0.15, 0.2) is 0 Å². The fourth-order valence-corrected chi connectivity index (χ4v) is 0.492. The van der Waals surface area contributed by atoms with Gasteiger partial charge in [0.25, 0.3) is 5.91 Å². The second-order valence-electron chi connectivity index (χ2n) is 1.54. The highest BCUT2D eigenvalue weighted by Gasteiger charge is 2.06. The molecule has 0 radical (unpaired) electrons. The molecule has 0 saturated carbocycles. The summed E-state index contributed by atoms with van der Waals surface area (Å²) in [5.74, 6) is -0.381. The zero-order valence-corrected chi connectivity index (χ0v) is 5.07. The fourth-order valence-electron chi connectivity index (χ4n) is 0.492. The van der Waals surface area contributed by atoms with Crippen molar-refractivity contribution in [2.45, 2.75) is 0 Å². The topological polar surface area (TPSA) is 75.4 Å². The average Bonchev–Trinajstić information content (AvgIpc) is 2.38. The van der Waals surface area contributed by atoms with Gasteiger partial charge in [-0.2, -0.15) is 0 Å². The molecule has 1 amide bonds. The Morgan fingerprint density at radius 3 is 3.20 bits per heavy atom. The predicted molar refractivity (Wildman–Crippen MR) is 31.1 cm³/mol. The van der Waals surface area contributed by atoms with Crippen LogP contribution in [-0.2, 0) is 0 Å². The van der Waals surface area contributed by atoms with Crippen molar-refractivity contribution < 1.29 is 14.4 Å². The summed E-state index contributed by atoms with van der Waals surface area (Å²) in [4.78, 5) is 10.7. The molecule has 0 spiro atoms. The lowest BCUT2D eigenvalue weighted by atomic mass is 10.4. The van der Waals surface area contributed by atoms with E-state index in [1.807, 2.05) is 0 Å². The van der Waals surface area contributed by atoms with Crippen LogP contribution >= 0.6 is 0 Å². The van der Waals surface area contributed by atoms with Crippen LogP contribution in [0.4, 0.5) is 0 Å².